The molecule has 2 rings (SSSR count). The van der Waals surface area contributed by atoms with E-state index in [0.717, 1.165) is 25.7 Å². The Bertz CT molecular complexity index is 588. The van der Waals surface area contributed by atoms with Crippen LogP contribution >= 0.6 is 0 Å². The summed E-state index contributed by atoms with van der Waals surface area (Å²) in [5.41, 5.74) is 5.50. The van der Waals surface area contributed by atoms with Gasteiger partial charge in [-0.2, -0.15) is 0 Å². The minimum Gasteiger partial charge on any atom is -0.398 e. The first-order valence-electron chi connectivity index (χ1n) is 6.73. The molecule has 1 heterocycles. The number of nitrogens with two attached hydrogens (primary N) is 1. The van der Waals surface area contributed by atoms with Crippen LogP contribution in [0.3, 0.4) is 0 Å². The van der Waals surface area contributed by atoms with Gasteiger partial charge in [-0.05, 0) is 26.2 Å². The summed E-state index contributed by atoms with van der Waals surface area (Å²) in [6.07, 6.45) is 0. The Morgan fingerprint density at radius 3 is 2.76 bits per heavy atom. The van der Waals surface area contributed by atoms with E-state index in [2.05, 4.69) is 14.5 Å². The van der Waals surface area contributed by atoms with E-state index in [4.69, 9.17) is 5.73 Å². The maximum absolute atomic E-state index is 13.7. The lowest BCUT2D eigenvalue weighted by molar-refractivity contribution is 0.117. The van der Waals surface area contributed by atoms with E-state index in [-0.39, 0.29) is 18.3 Å². The van der Waals surface area contributed by atoms with Crippen LogP contribution in [0.5, 0.6) is 0 Å². The van der Waals surface area contributed by atoms with Gasteiger partial charge in [0.2, 0.25) is 10.0 Å². The molecule has 1 aromatic carbocycles. The van der Waals surface area contributed by atoms with Crippen LogP contribution in [-0.4, -0.2) is 64.5 Å². The molecule has 0 aliphatic carbocycles. The Balaban J connectivity index is 2.11. The predicted octanol–water partition coefficient (Wildman–Crippen LogP) is -0.0680. The number of hydrogen-bond acceptors (Lipinski definition) is 5. The van der Waals surface area contributed by atoms with Crippen molar-refractivity contribution in [3.63, 3.8) is 0 Å². The number of halogens is 1. The number of nitrogens with zero attached hydrogens (tertiary/aromatic N) is 2. The van der Waals surface area contributed by atoms with Crippen LogP contribution in [0.1, 0.15) is 0 Å². The minimum absolute atomic E-state index is 0.0477. The number of rotatable bonds is 4. The standard InChI is InChI=1S/C13H21FN4O2S/c1-17-6-7-18(2)10(9-17)8-16-21(19,20)13-11(14)4-3-5-12(13)15/h3-5,10,16H,6-9,15H2,1-2H3. The molecule has 118 valence electrons. The van der Waals surface area contributed by atoms with Crippen molar-refractivity contribution in [1.82, 2.24) is 14.5 Å². The Hall–Kier alpha value is -1.22. The van der Waals surface area contributed by atoms with E-state index in [1.807, 2.05) is 14.1 Å². The van der Waals surface area contributed by atoms with Gasteiger partial charge in [0.15, 0.2) is 0 Å². The zero-order valence-electron chi connectivity index (χ0n) is 12.2. The highest BCUT2D eigenvalue weighted by Crippen LogP contribution is 2.21. The maximum Gasteiger partial charge on any atom is 0.245 e. The molecule has 0 spiro atoms. The van der Waals surface area contributed by atoms with Gasteiger partial charge in [0.05, 0.1) is 5.69 Å². The molecule has 3 N–H and O–H groups in total. The molecular formula is C13H21FN4O2S. The van der Waals surface area contributed by atoms with Crippen molar-refractivity contribution >= 4 is 15.7 Å². The van der Waals surface area contributed by atoms with Crippen molar-refractivity contribution in [3.8, 4) is 0 Å². The van der Waals surface area contributed by atoms with E-state index in [1.165, 1.54) is 12.1 Å². The highest BCUT2D eigenvalue weighted by molar-refractivity contribution is 7.89. The van der Waals surface area contributed by atoms with Crippen LogP contribution in [0.2, 0.25) is 0 Å². The molecule has 1 unspecified atom stereocenters. The van der Waals surface area contributed by atoms with Gasteiger partial charge in [-0.25, -0.2) is 17.5 Å². The first-order valence-corrected chi connectivity index (χ1v) is 8.22. The fourth-order valence-electron chi connectivity index (χ4n) is 2.41. The number of nitrogen functional groups attached to an aromatic ring is 1. The molecule has 21 heavy (non-hydrogen) atoms. The molecule has 6 nitrogen and oxygen atoms in total. The number of hydrogen-bond donors (Lipinski definition) is 2. The van der Waals surface area contributed by atoms with Gasteiger partial charge >= 0.3 is 0 Å². The average molecular weight is 316 g/mol. The van der Waals surface area contributed by atoms with Crippen molar-refractivity contribution in [2.24, 2.45) is 0 Å². The minimum atomic E-state index is -3.96. The Labute approximate surface area is 124 Å². The molecule has 0 bridgehead atoms. The zero-order chi connectivity index (χ0) is 15.6. The molecule has 0 aromatic heterocycles. The molecule has 1 atom stereocenters. The van der Waals surface area contributed by atoms with Gasteiger partial charge in [-0.15, -0.1) is 0 Å². The second-order valence-electron chi connectivity index (χ2n) is 5.41. The molecule has 1 aliphatic heterocycles. The number of benzene rings is 1. The van der Waals surface area contributed by atoms with Crippen molar-refractivity contribution < 1.29 is 12.8 Å². The van der Waals surface area contributed by atoms with Crippen LogP contribution in [0.15, 0.2) is 23.1 Å². The molecule has 0 amide bonds. The largest absolute Gasteiger partial charge is 0.398 e. The summed E-state index contributed by atoms with van der Waals surface area (Å²) >= 11 is 0. The monoisotopic (exact) mass is 316 g/mol. The van der Waals surface area contributed by atoms with Gasteiger partial charge in [-0.3, -0.25) is 4.90 Å². The molecule has 0 radical (unpaired) electrons. The van der Waals surface area contributed by atoms with Gasteiger partial charge in [0.25, 0.3) is 0 Å². The van der Waals surface area contributed by atoms with Gasteiger partial charge < -0.3 is 10.6 Å². The third-order valence-corrected chi connectivity index (χ3v) is 5.27. The van der Waals surface area contributed by atoms with Crippen molar-refractivity contribution in [1.29, 1.82) is 0 Å². The van der Waals surface area contributed by atoms with Gasteiger partial charge in [0.1, 0.15) is 10.7 Å². The normalized spacial score (nSPS) is 21.6. The SMILES string of the molecule is CN1CCN(C)C(CNS(=O)(=O)c2c(N)cccc2F)C1. The van der Waals surface area contributed by atoms with Gasteiger partial charge in [-0.1, -0.05) is 6.07 Å². The Morgan fingerprint density at radius 2 is 2.10 bits per heavy atom. The molecule has 1 aliphatic rings. The second-order valence-corrected chi connectivity index (χ2v) is 7.11. The molecule has 1 aromatic rings. The van der Waals surface area contributed by atoms with Crippen LogP contribution < -0.4 is 10.5 Å². The summed E-state index contributed by atoms with van der Waals surface area (Å²) in [5, 5.41) is 0. The van der Waals surface area contributed by atoms with Crippen molar-refractivity contribution in [2.75, 3.05) is 46.0 Å². The van der Waals surface area contributed by atoms with E-state index in [1.54, 1.807) is 0 Å². The highest BCUT2D eigenvalue weighted by Gasteiger charge is 2.26. The topological polar surface area (TPSA) is 78.7 Å². The summed E-state index contributed by atoms with van der Waals surface area (Å²) in [6, 6.07) is 3.89. The fraction of sp³-hybridized carbons (Fsp3) is 0.538. The summed E-state index contributed by atoms with van der Waals surface area (Å²) in [6.45, 7) is 2.79. The quantitative estimate of drug-likeness (QED) is 0.761. The summed E-state index contributed by atoms with van der Waals surface area (Å²) < 4.78 is 40.7. The average Bonchev–Trinajstić information content (AvgIpc) is 2.39. The Morgan fingerprint density at radius 1 is 1.38 bits per heavy atom. The fourth-order valence-corrected chi connectivity index (χ4v) is 3.67. The van der Waals surface area contributed by atoms with Crippen LogP contribution in [-0.2, 0) is 10.0 Å². The van der Waals surface area contributed by atoms with Crippen LogP contribution in [0.4, 0.5) is 10.1 Å². The molecule has 8 heteroatoms. The summed E-state index contributed by atoms with van der Waals surface area (Å²) in [5.74, 6) is -0.836. The van der Waals surface area contributed by atoms with E-state index in [9.17, 15) is 12.8 Å². The zero-order valence-corrected chi connectivity index (χ0v) is 13.0. The number of nitrogens with one attached hydrogen (secondary N) is 1. The second kappa shape index (κ2) is 6.27. The third kappa shape index (κ3) is 3.70. The number of anilines is 1. The molecule has 1 fully saturated rings. The van der Waals surface area contributed by atoms with Gasteiger partial charge in [0, 0.05) is 32.2 Å². The predicted molar refractivity (Wildman–Crippen MR) is 79.9 cm³/mol. The third-order valence-electron chi connectivity index (χ3n) is 3.76. The number of sulfonamides is 1. The van der Waals surface area contributed by atoms with Crippen molar-refractivity contribution in [3.05, 3.63) is 24.0 Å². The van der Waals surface area contributed by atoms with E-state index < -0.39 is 20.7 Å². The van der Waals surface area contributed by atoms with Crippen molar-refractivity contribution in [2.45, 2.75) is 10.9 Å². The molecule has 0 saturated carbocycles. The summed E-state index contributed by atoms with van der Waals surface area (Å²) in [7, 11) is -0.0198. The molecule has 1 saturated heterocycles. The first kappa shape index (κ1) is 16.2. The van der Waals surface area contributed by atoms with E-state index in [0.29, 0.717) is 0 Å². The lowest BCUT2D eigenvalue weighted by atomic mass is 10.2. The van der Waals surface area contributed by atoms with E-state index >= 15 is 0 Å². The lowest BCUT2D eigenvalue weighted by Crippen LogP contribution is -2.54. The maximum atomic E-state index is 13.7. The lowest BCUT2D eigenvalue weighted by Gasteiger charge is -2.37. The van der Waals surface area contributed by atoms with Crippen LogP contribution in [0, 0.1) is 5.82 Å². The van der Waals surface area contributed by atoms with Crippen LogP contribution in [0.25, 0.3) is 0 Å². The smallest absolute Gasteiger partial charge is 0.245 e. The molecular weight excluding hydrogens is 295 g/mol. The highest BCUT2D eigenvalue weighted by atomic mass is 32.2. The number of piperazine rings is 1. The summed E-state index contributed by atoms with van der Waals surface area (Å²) in [4.78, 5) is 3.75. The Kier molecular flexibility index (Phi) is 4.82. The first-order chi connectivity index (χ1) is 9.81. The number of likely N-dealkylation sites (N-methyl/N-ethyl adjacent to an activating group) is 2.